The van der Waals surface area contributed by atoms with Gasteiger partial charge in [-0.15, -0.1) is 4.58 Å². The van der Waals surface area contributed by atoms with Crippen molar-refractivity contribution in [3.05, 3.63) is 81.2 Å². The van der Waals surface area contributed by atoms with Gasteiger partial charge in [0.25, 0.3) is 8.32 Å². The van der Waals surface area contributed by atoms with Crippen LogP contribution in [-0.4, -0.2) is 14.3 Å². The topological polar surface area (TPSA) is 48.4 Å². The summed E-state index contributed by atoms with van der Waals surface area (Å²) >= 11 is 7.22. The SMILES string of the molecule is CC(C)(C)[Si](C)(C)Oc1cc(C#N)ccc1[N+](=C=Nc1ccccc1Br)c1ccccc1Br. The van der Waals surface area contributed by atoms with Crippen LogP contribution in [0.3, 0.4) is 0 Å². The molecule has 0 N–H and O–H groups in total. The molecule has 0 saturated heterocycles. The summed E-state index contributed by atoms with van der Waals surface area (Å²) in [5.41, 5.74) is 2.93. The number of nitrogens with zero attached hydrogens (tertiary/aromatic N) is 3. The van der Waals surface area contributed by atoms with E-state index in [1.165, 1.54) is 0 Å². The van der Waals surface area contributed by atoms with Crippen LogP contribution in [-0.2, 0) is 0 Å². The van der Waals surface area contributed by atoms with E-state index >= 15 is 0 Å². The smallest absolute Gasteiger partial charge is 0.324 e. The Morgan fingerprint density at radius 1 is 0.909 bits per heavy atom. The molecule has 0 heterocycles. The van der Waals surface area contributed by atoms with Crippen LogP contribution in [0.25, 0.3) is 0 Å². The Balaban J connectivity index is 2.30. The Labute approximate surface area is 213 Å². The van der Waals surface area contributed by atoms with E-state index in [0.29, 0.717) is 11.3 Å². The number of hydrogen-bond donors (Lipinski definition) is 0. The molecule has 0 spiro atoms. The molecule has 3 aromatic rings. The van der Waals surface area contributed by atoms with E-state index < -0.39 is 8.32 Å². The number of nitriles is 1. The zero-order chi connectivity index (χ0) is 24.2. The van der Waals surface area contributed by atoms with Crippen LogP contribution in [0, 0.1) is 11.3 Å². The Hall–Kier alpha value is -2.49. The van der Waals surface area contributed by atoms with Crippen molar-refractivity contribution in [2.45, 2.75) is 38.9 Å². The Morgan fingerprint density at radius 2 is 1.55 bits per heavy atom. The highest BCUT2D eigenvalue weighted by atomic mass is 79.9. The molecule has 0 atom stereocenters. The number of halogens is 2. The normalized spacial score (nSPS) is 11.3. The molecule has 7 heteroatoms. The predicted octanol–water partition coefficient (Wildman–Crippen LogP) is 8.81. The molecule has 0 radical (unpaired) electrons. The van der Waals surface area contributed by atoms with Crippen molar-refractivity contribution in [1.82, 2.24) is 4.58 Å². The van der Waals surface area contributed by atoms with Gasteiger partial charge in [0.05, 0.1) is 20.6 Å². The van der Waals surface area contributed by atoms with E-state index in [4.69, 9.17) is 4.43 Å². The molecular weight excluding hydrogens is 558 g/mol. The first-order chi connectivity index (χ1) is 15.5. The molecule has 3 rings (SSSR count). The summed E-state index contributed by atoms with van der Waals surface area (Å²) < 4.78 is 10.3. The van der Waals surface area contributed by atoms with Gasteiger partial charge in [0, 0.05) is 11.1 Å². The minimum atomic E-state index is -2.18. The molecule has 0 amide bonds. The third-order valence-electron chi connectivity index (χ3n) is 5.72. The number of rotatable bonds is 5. The standard InChI is InChI=1S/C26H26Br2N3OSi/c1-26(2,3)33(4,5)32-25-16-19(17-29)14-15-24(25)31(23-13-9-7-11-21(23)28)18-30-22-12-8-6-10-20(22)27/h6-16H,1-5H3/q+1. The summed E-state index contributed by atoms with van der Waals surface area (Å²) in [6.45, 7) is 11.0. The molecule has 4 nitrogen and oxygen atoms in total. The molecule has 0 aliphatic heterocycles. The fraction of sp³-hybridized carbons (Fsp3) is 0.231. The van der Waals surface area contributed by atoms with Crippen molar-refractivity contribution in [1.29, 1.82) is 5.26 Å². The van der Waals surface area contributed by atoms with Gasteiger partial charge in [0.2, 0.25) is 0 Å². The second-order valence-electron chi connectivity index (χ2n) is 9.11. The Morgan fingerprint density at radius 3 is 2.15 bits per heavy atom. The molecular formula is C26H26Br2N3OSi+. The Bertz CT molecular complexity index is 1280. The second-order valence-corrected chi connectivity index (χ2v) is 15.5. The van der Waals surface area contributed by atoms with Gasteiger partial charge in [0.1, 0.15) is 0 Å². The lowest BCUT2D eigenvalue weighted by Gasteiger charge is -2.36. The highest BCUT2D eigenvalue weighted by Gasteiger charge is 2.40. The lowest BCUT2D eigenvalue weighted by atomic mass is 10.2. The number of aliphatic imine (C=N–C) groups is 1. The molecule has 0 fully saturated rings. The lowest BCUT2D eigenvalue weighted by molar-refractivity contribution is 0.491. The molecule has 0 saturated carbocycles. The molecule has 0 unspecified atom stereocenters. The van der Waals surface area contributed by atoms with Crippen LogP contribution < -0.4 is 9.00 Å². The molecule has 0 aromatic heterocycles. The quantitative estimate of drug-likeness (QED) is 0.171. The van der Waals surface area contributed by atoms with E-state index in [-0.39, 0.29) is 5.04 Å². The van der Waals surface area contributed by atoms with Gasteiger partial charge in [-0.1, -0.05) is 45.0 Å². The average Bonchev–Trinajstić information content (AvgIpc) is 2.75. The average molecular weight is 584 g/mol. The summed E-state index contributed by atoms with van der Waals surface area (Å²) in [6, 6.07) is 26.5. The fourth-order valence-electron chi connectivity index (χ4n) is 2.79. The van der Waals surface area contributed by atoms with Gasteiger partial charge in [0.15, 0.2) is 22.8 Å². The van der Waals surface area contributed by atoms with E-state index in [0.717, 1.165) is 26.0 Å². The van der Waals surface area contributed by atoms with Gasteiger partial charge in [-0.3, -0.25) is 0 Å². The van der Waals surface area contributed by atoms with Gasteiger partial charge >= 0.3 is 6.01 Å². The molecule has 0 aliphatic rings. The van der Waals surface area contributed by atoms with Gasteiger partial charge in [-0.05, 0) is 86.4 Å². The van der Waals surface area contributed by atoms with Crippen LogP contribution in [0.2, 0.25) is 18.1 Å². The highest BCUT2D eigenvalue weighted by Crippen LogP contribution is 2.41. The molecule has 168 valence electrons. The van der Waals surface area contributed by atoms with Crippen molar-refractivity contribution in [2.75, 3.05) is 0 Å². The summed E-state index contributed by atoms with van der Waals surface area (Å²) in [6.07, 6.45) is 0. The van der Waals surface area contributed by atoms with E-state index in [9.17, 15) is 5.26 Å². The van der Waals surface area contributed by atoms with Crippen molar-refractivity contribution in [2.24, 2.45) is 4.99 Å². The van der Waals surface area contributed by atoms with Gasteiger partial charge < -0.3 is 4.43 Å². The highest BCUT2D eigenvalue weighted by molar-refractivity contribution is 9.11. The molecule has 33 heavy (non-hydrogen) atoms. The largest absolute Gasteiger partial charge is 0.541 e. The summed E-state index contributed by atoms with van der Waals surface area (Å²) in [4.78, 5) is 4.63. The van der Waals surface area contributed by atoms with Crippen LogP contribution in [0.4, 0.5) is 17.1 Å². The molecule has 0 aliphatic carbocycles. The predicted molar refractivity (Wildman–Crippen MR) is 146 cm³/mol. The van der Waals surface area contributed by atoms with Crippen molar-refractivity contribution < 1.29 is 4.43 Å². The minimum absolute atomic E-state index is 0.00220. The van der Waals surface area contributed by atoms with Crippen molar-refractivity contribution in [3.8, 4) is 11.8 Å². The third kappa shape index (κ3) is 5.90. The first-order valence-electron chi connectivity index (χ1n) is 10.5. The van der Waals surface area contributed by atoms with Crippen LogP contribution in [0.5, 0.6) is 5.75 Å². The van der Waals surface area contributed by atoms with Gasteiger partial charge in [-0.2, -0.15) is 5.26 Å². The van der Waals surface area contributed by atoms with Crippen LogP contribution in [0.1, 0.15) is 26.3 Å². The first-order valence-corrected chi connectivity index (χ1v) is 15.0. The zero-order valence-corrected chi connectivity index (χ0v) is 23.5. The molecule has 3 aromatic carbocycles. The maximum atomic E-state index is 9.54. The second kappa shape index (κ2) is 10.2. The monoisotopic (exact) mass is 582 g/mol. The van der Waals surface area contributed by atoms with Crippen LogP contribution >= 0.6 is 31.9 Å². The number of benzene rings is 3. The van der Waals surface area contributed by atoms with Crippen molar-refractivity contribution >= 4 is 63.2 Å². The van der Waals surface area contributed by atoms with E-state index in [1.54, 1.807) is 12.1 Å². The summed E-state index contributed by atoms with van der Waals surface area (Å²) in [7, 11) is -2.18. The fourth-order valence-corrected chi connectivity index (χ4v) is 4.65. The van der Waals surface area contributed by atoms with E-state index in [2.05, 4.69) is 82.8 Å². The number of para-hydroxylation sites is 2. The molecule has 0 bridgehead atoms. The van der Waals surface area contributed by atoms with E-state index in [1.807, 2.05) is 59.2 Å². The van der Waals surface area contributed by atoms with Crippen LogP contribution in [0.15, 0.2) is 80.7 Å². The minimum Gasteiger partial charge on any atom is -0.541 e. The summed E-state index contributed by atoms with van der Waals surface area (Å²) in [5.74, 6) is 0.645. The lowest BCUT2D eigenvalue weighted by Crippen LogP contribution is -2.44. The maximum Gasteiger partial charge on any atom is 0.324 e. The zero-order valence-electron chi connectivity index (χ0n) is 19.4. The van der Waals surface area contributed by atoms with Crippen molar-refractivity contribution in [3.63, 3.8) is 0 Å². The Kier molecular flexibility index (Phi) is 7.76. The number of hydrogen-bond acceptors (Lipinski definition) is 3. The summed E-state index contributed by atoms with van der Waals surface area (Å²) in [5, 5.41) is 9.54. The third-order valence-corrected chi connectivity index (χ3v) is 11.4. The first kappa shape index (κ1) is 25.1. The van der Waals surface area contributed by atoms with Gasteiger partial charge in [-0.25, -0.2) is 0 Å². The maximum absolute atomic E-state index is 9.54.